The molecule has 4 heteroatoms. The minimum atomic E-state index is -0.128. The fraction of sp³-hybridized carbons (Fsp3) is 0.538. The maximum absolute atomic E-state index is 11.8. The molecule has 1 N–H and O–H groups in total. The third-order valence-electron chi connectivity index (χ3n) is 2.62. The third-order valence-corrected chi connectivity index (χ3v) is 2.81. The second-order valence-electron chi connectivity index (χ2n) is 4.95. The minimum absolute atomic E-state index is 0.0151. The van der Waals surface area contributed by atoms with Crippen molar-refractivity contribution in [3.05, 3.63) is 29.6 Å². The van der Waals surface area contributed by atoms with Crippen molar-refractivity contribution in [3.8, 4) is 0 Å². The molecule has 0 aliphatic rings. The summed E-state index contributed by atoms with van der Waals surface area (Å²) in [4.78, 5) is 16.0. The zero-order valence-corrected chi connectivity index (χ0v) is 11.3. The van der Waals surface area contributed by atoms with Gasteiger partial charge in [0.2, 0.25) is 0 Å². The predicted molar refractivity (Wildman–Crippen MR) is 70.4 cm³/mol. The van der Waals surface area contributed by atoms with E-state index in [0.29, 0.717) is 18.1 Å². The van der Waals surface area contributed by atoms with Gasteiger partial charge in [0.25, 0.3) is 5.91 Å². The zero-order valence-electron chi connectivity index (χ0n) is 10.6. The average Bonchev–Trinajstić information content (AvgIpc) is 2.26. The lowest BCUT2D eigenvalue weighted by molar-refractivity contribution is 0.0930. The highest BCUT2D eigenvalue weighted by Crippen LogP contribution is 2.19. The fourth-order valence-electron chi connectivity index (χ4n) is 1.42. The van der Waals surface area contributed by atoms with Crippen molar-refractivity contribution in [2.24, 2.45) is 5.41 Å². The molecule has 0 saturated heterocycles. The van der Waals surface area contributed by atoms with E-state index in [4.69, 9.17) is 11.6 Å². The van der Waals surface area contributed by atoms with Gasteiger partial charge in [0.05, 0.1) is 0 Å². The van der Waals surface area contributed by atoms with Gasteiger partial charge in [-0.25, -0.2) is 4.98 Å². The molecule has 0 aliphatic heterocycles. The lowest BCUT2D eigenvalue weighted by Gasteiger charge is -2.23. The van der Waals surface area contributed by atoms with Gasteiger partial charge >= 0.3 is 0 Å². The quantitative estimate of drug-likeness (QED) is 0.821. The predicted octanol–water partition coefficient (Wildman–Crippen LogP) is 2.77. The Balaban J connectivity index is 2.56. The number of hydrogen-bond donors (Lipinski definition) is 1. The highest BCUT2D eigenvalue weighted by Gasteiger charge is 2.18. The van der Waals surface area contributed by atoms with Crippen molar-refractivity contribution >= 4 is 17.5 Å². The van der Waals surface area contributed by atoms with Gasteiger partial charge in [0.1, 0.15) is 5.69 Å². The van der Waals surface area contributed by atoms with Gasteiger partial charge in [-0.2, -0.15) is 0 Å². The highest BCUT2D eigenvalue weighted by atomic mass is 35.5. The van der Waals surface area contributed by atoms with E-state index in [1.165, 1.54) is 0 Å². The van der Waals surface area contributed by atoms with Crippen molar-refractivity contribution in [1.29, 1.82) is 0 Å². The molecule has 1 rings (SSSR count). The summed E-state index contributed by atoms with van der Waals surface area (Å²) in [6, 6.07) is 5.42. The van der Waals surface area contributed by atoms with Crippen molar-refractivity contribution in [2.45, 2.75) is 27.2 Å². The topological polar surface area (TPSA) is 42.0 Å². The number of pyridine rings is 1. The number of aryl methyl sites for hydroxylation is 1. The van der Waals surface area contributed by atoms with E-state index >= 15 is 0 Å². The van der Waals surface area contributed by atoms with Crippen LogP contribution in [0.4, 0.5) is 0 Å². The Morgan fingerprint density at radius 2 is 2.18 bits per heavy atom. The van der Waals surface area contributed by atoms with E-state index in [2.05, 4.69) is 24.1 Å². The molecule has 0 atom stereocenters. The molecule has 0 saturated carbocycles. The Morgan fingerprint density at radius 3 is 2.76 bits per heavy atom. The van der Waals surface area contributed by atoms with Gasteiger partial charge in [0, 0.05) is 18.1 Å². The van der Waals surface area contributed by atoms with Crippen LogP contribution in [0.25, 0.3) is 0 Å². The lowest BCUT2D eigenvalue weighted by Crippen LogP contribution is -2.34. The van der Waals surface area contributed by atoms with E-state index in [1.807, 2.05) is 19.1 Å². The van der Waals surface area contributed by atoms with Crippen molar-refractivity contribution < 1.29 is 4.79 Å². The molecule has 94 valence electrons. The normalized spacial score (nSPS) is 11.3. The molecule has 0 spiro atoms. The van der Waals surface area contributed by atoms with Crippen LogP contribution in [-0.4, -0.2) is 23.3 Å². The highest BCUT2D eigenvalue weighted by molar-refractivity contribution is 6.17. The molecular formula is C13H19ClN2O. The van der Waals surface area contributed by atoms with Crippen LogP contribution in [0.3, 0.4) is 0 Å². The van der Waals surface area contributed by atoms with E-state index in [0.717, 1.165) is 12.1 Å². The summed E-state index contributed by atoms with van der Waals surface area (Å²) < 4.78 is 0. The molecule has 0 radical (unpaired) electrons. The molecule has 1 aromatic rings. The van der Waals surface area contributed by atoms with Crippen molar-refractivity contribution in [2.75, 3.05) is 12.4 Å². The maximum Gasteiger partial charge on any atom is 0.269 e. The van der Waals surface area contributed by atoms with E-state index in [9.17, 15) is 4.79 Å². The molecule has 1 heterocycles. The summed E-state index contributed by atoms with van der Waals surface area (Å²) in [6.45, 7) is 6.64. The molecule has 0 unspecified atom stereocenters. The first-order valence-electron chi connectivity index (χ1n) is 5.72. The summed E-state index contributed by atoms with van der Waals surface area (Å²) in [5.41, 5.74) is 1.32. The van der Waals surface area contributed by atoms with E-state index in [1.54, 1.807) is 6.07 Å². The summed E-state index contributed by atoms with van der Waals surface area (Å²) in [6.07, 6.45) is 0.871. The monoisotopic (exact) mass is 254 g/mol. The molecule has 17 heavy (non-hydrogen) atoms. The standard InChI is InChI=1S/C13H19ClN2O/c1-10-5-4-6-11(16-10)12(17)15-9-13(2,3)7-8-14/h4-6H,7-9H2,1-3H3,(H,15,17). The number of rotatable bonds is 5. The Hall–Kier alpha value is -1.09. The van der Waals surface area contributed by atoms with E-state index in [-0.39, 0.29) is 11.3 Å². The van der Waals surface area contributed by atoms with Crippen LogP contribution in [0.1, 0.15) is 36.5 Å². The number of alkyl halides is 1. The molecule has 0 fully saturated rings. The number of nitrogens with zero attached hydrogens (tertiary/aromatic N) is 1. The Morgan fingerprint density at radius 1 is 1.47 bits per heavy atom. The maximum atomic E-state index is 11.8. The fourth-order valence-corrected chi connectivity index (χ4v) is 1.94. The first-order chi connectivity index (χ1) is 7.94. The molecule has 1 aromatic heterocycles. The first kappa shape index (κ1) is 14.0. The second-order valence-corrected chi connectivity index (χ2v) is 5.33. The zero-order chi connectivity index (χ0) is 12.9. The molecule has 0 aliphatic carbocycles. The smallest absolute Gasteiger partial charge is 0.269 e. The molecule has 0 aromatic carbocycles. The number of amides is 1. The number of halogens is 1. The van der Waals surface area contributed by atoms with Gasteiger partial charge in [-0.3, -0.25) is 4.79 Å². The van der Waals surface area contributed by atoms with Crippen molar-refractivity contribution in [3.63, 3.8) is 0 Å². The molecule has 1 amide bonds. The van der Waals surface area contributed by atoms with Crippen LogP contribution in [0, 0.1) is 12.3 Å². The SMILES string of the molecule is Cc1cccc(C(=O)NCC(C)(C)CCCl)n1. The number of hydrogen-bond acceptors (Lipinski definition) is 2. The third kappa shape index (κ3) is 4.73. The van der Waals surface area contributed by atoms with Crippen LogP contribution in [0.2, 0.25) is 0 Å². The second kappa shape index (κ2) is 6.01. The van der Waals surface area contributed by atoms with E-state index < -0.39 is 0 Å². The molecular weight excluding hydrogens is 236 g/mol. The Bertz CT molecular complexity index is 391. The Kier molecular flexibility index (Phi) is 4.94. The number of aromatic nitrogens is 1. The van der Waals surface area contributed by atoms with Crippen LogP contribution >= 0.6 is 11.6 Å². The van der Waals surface area contributed by atoms with Crippen LogP contribution < -0.4 is 5.32 Å². The largest absolute Gasteiger partial charge is 0.350 e. The summed E-state index contributed by atoms with van der Waals surface area (Å²) in [5, 5.41) is 2.89. The molecule has 3 nitrogen and oxygen atoms in total. The number of carbonyl (C=O) groups is 1. The minimum Gasteiger partial charge on any atom is -0.350 e. The number of nitrogens with one attached hydrogen (secondary N) is 1. The lowest BCUT2D eigenvalue weighted by atomic mass is 9.90. The van der Waals surface area contributed by atoms with Crippen LogP contribution in [0.15, 0.2) is 18.2 Å². The first-order valence-corrected chi connectivity index (χ1v) is 6.26. The summed E-state index contributed by atoms with van der Waals surface area (Å²) in [5.74, 6) is 0.474. The molecule has 0 bridgehead atoms. The van der Waals surface area contributed by atoms with Gasteiger partial charge in [-0.05, 0) is 30.9 Å². The van der Waals surface area contributed by atoms with Gasteiger partial charge < -0.3 is 5.32 Å². The van der Waals surface area contributed by atoms with Crippen LogP contribution in [-0.2, 0) is 0 Å². The summed E-state index contributed by atoms with van der Waals surface area (Å²) in [7, 11) is 0. The van der Waals surface area contributed by atoms with Crippen molar-refractivity contribution in [1.82, 2.24) is 10.3 Å². The van der Waals surface area contributed by atoms with Crippen LogP contribution in [0.5, 0.6) is 0 Å². The van der Waals surface area contributed by atoms with Gasteiger partial charge in [-0.1, -0.05) is 19.9 Å². The van der Waals surface area contributed by atoms with Gasteiger partial charge in [-0.15, -0.1) is 11.6 Å². The Labute approximate surface area is 108 Å². The van der Waals surface area contributed by atoms with Gasteiger partial charge in [0.15, 0.2) is 0 Å². The average molecular weight is 255 g/mol. The number of carbonyl (C=O) groups excluding carboxylic acids is 1. The summed E-state index contributed by atoms with van der Waals surface area (Å²) >= 11 is 5.71.